The van der Waals surface area contributed by atoms with Gasteiger partial charge in [0.05, 0.1) is 25.6 Å². The molecular weight excluding hydrogens is 220 g/mol. The molecule has 5 nitrogen and oxygen atoms in total. The zero-order valence-corrected chi connectivity index (χ0v) is 9.26. The van der Waals surface area contributed by atoms with E-state index in [1.54, 1.807) is 12.1 Å². The third-order valence-corrected chi connectivity index (χ3v) is 1.85. The van der Waals surface area contributed by atoms with Gasteiger partial charge in [-0.15, -0.1) is 12.4 Å². The summed E-state index contributed by atoms with van der Waals surface area (Å²) < 4.78 is 9.53. The first-order valence-corrected chi connectivity index (χ1v) is 3.92. The van der Waals surface area contributed by atoms with E-state index in [1.165, 1.54) is 14.2 Å². The molecule has 84 valence electrons. The van der Waals surface area contributed by atoms with Gasteiger partial charge in [-0.25, -0.2) is 4.79 Å². The van der Waals surface area contributed by atoms with Crippen molar-refractivity contribution in [3.05, 3.63) is 17.7 Å². The Hall–Kier alpha value is -1.62. The molecule has 0 saturated carbocycles. The average molecular weight is 233 g/mol. The lowest BCUT2D eigenvalue weighted by atomic mass is 10.1. The van der Waals surface area contributed by atoms with Gasteiger partial charge in [0.2, 0.25) is 0 Å². The van der Waals surface area contributed by atoms with Crippen LogP contribution in [-0.4, -0.2) is 20.2 Å². The second-order valence-corrected chi connectivity index (χ2v) is 2.64. The summed E-state index contributed by atoms with van der Waals surface area (Å²) in [6.07, 6.45) is 0. The van der Waals surface area contributed by atoms with Gasteiger partial charge in [-0.2, -0.15) is 0 Å². The van der Waals surface area contributed by atoms with Crippen LogP contribution < -0.4 is 16.2 Å². The van der Waals surface area contributed by atoms with Crippen LogP contribution >= 0.6 is 12.4 Å². The largest absolute Gasteiger partial charge is 0.496 e. The van der Waals surface area contributed by atoms with Crippen molar-refractivity contribution in [1.29, 1.82) is 0 Å². The molecular formula is C9H13ClN2O3. The second kappa shape index (κ2) is 5.31. The number of methoxy groups -OCH3 is 2. The smallest absolute Gasteiger partial charge is 0.343 e. The maximum Gasteiger partial charge on any atom is 0.343 e. The molecule has 0 spiro atoms. The number of anilines is 2. The first-order valence-electron chi connectivity index (χ1n) is 3.92. The van der Waals surface area contributed by atoms with Gasteiger partial charge < -0.3 is 20.9 Å². The van der Waals surface area contributed by atoms with E-state index in [0.717, 1.165) is 0 Å². The highest BCUT2D eigenvalue weighted by atomic mass is 35.5. The van der Waals surface area contributed by atoms with Crippen LogP contribution in [0.25, 0.3) is 0 Å². The van der Waals surface area contributed by atoms with Crippen molar-refractivity contribution in [2.75, 3.05) is 25.7 Å². The van der Waals surface area contributed by atoms with Crippen LogP contribution in [0.2, 0.25) is 0 Å². The van der Waals surface area contributed by atoms with Crippen LogP contribution in [0, 0.1) is 0 Å². The number of ether oxygens (including phenoxy) is 2. The first kappa shape index (κ1) is 13.4. The molecule has 4 N–H and O–H groups in total. The normalized spacial score (nSPS) is 8.93. The van der Waals surface area contributed by atoms with Crippen LogP contribution in [-0.2, 0) is 4.74 Å². The minimum Gasteiger partial charge on any atom is -0.496 e. The summed E-state index contributed by atoms with van der Waals surface area (Å²) in [4.78, 5) is 11.3. The minimum atomic E-state index is -0.563. The summed E-state index contributed by atoms with van der Waals surface area (Å²) in [6, 6.07) is 3.14. The highest BCUT2D eigenvalue weighted by molar-refractivity contribution is 6.00. The van der Waals surface area contributed by atoms with Crippen molar-refractivity contribution in [3.8, 4) is 5.75 Å². The van der Waals surface area contributed by atoms with Gasteiger partial charge in [0.25, 0.3) is 0 Å². The molecule has 0 saturated heterocycles. The maximum absolute atomic E-state index is 11.3. The minimum absolute atomic E-state index is 0. The van der Waals surface area contributed by atoms with E-state index < -0.39 is 5.97 Å². The number of carbonyl (C=O) groups excluding carboxylic acids is 1. The number of hydrogen-bond acceptors (Lipinski definition) is 5. The highest BCUT2D eigenvalue weighted by Crippen LogP contribution is 2.29. The van der Waals surface area contributed by atoms with E-state index in [-0.39, 0.29) is 23.7 Å². The fraction of sp³-hybridized carbons (Fsp3) is 0.222. The lowest BCUT2D eigenvalue weighted by Crippen LogP contribution is -2.09. The Labute approximate surface area is 93.7 Å². The van der Waals surface area contributed by atoms with Crippen LogP contribution in [0.5, 0.6) is 5.75 Å². The fourth-order valence-corrected chi connectivity index (χ4v) is 1.10. The molecule has 0 aliphatic rings. The lowest BCUT2D eigenvalue weighted by molar-refractivity contribution is 0.0598. The third-order valence-electron chi connectivity index (χ3n) is 1.85. The van der Waals surface area contributed by atoms with E-state index in [4.69, 9.17) is 16.2 Å². The Kier molecular flexibility index (Phi) is 4.73. The van der Waals surface area contributed by atoms with Gasteiger partial charge in [-0.1, -0.05) is 0 Å². The van der Waals surface area contributed by atoms with Crippen molar-refractivity contribution in [3.63, 3.8) is 0 Å². The summed E-state index contributed by atoms with van der Waals surface area (Å²) in [5.74, 6) is -0.213. The van der Waals surface area contributed by atoms with Crippen LogP contribution in [0.4, 0.5) is 11.4 Å². The van der Waals surface area contributed by atoms with Crippen molar-refractivity contribution in [2.24, 2.45) is 0 Å². The van der Waals surface area contributed by atoms with Gasteiger partial charge >= 0.3 is 5.97 Å². The Balaban J connectivity index is 0.00000196. The molecule has 0 aliphatic heterocycles. The Morgan fingerprint density at radius 3 is 2.33 bits per heavy atom. The number of nitrogens with two attached hydrogens (primary N) is 2. The predicted octanol–water partition coefficient (Wildman–Crippen LogP) is 1.07. The molecule has 1 aromatic rings. The molecule has 1 rings (SSSR count). The van der Waals surface area contributed by atoms with E-state index in [2.05, 4.69) is 4.74 Å². The maximum atomic E-state index is 11.3. The monoisotopic (exact) mass is 232 g/mol. The first-order chi connectivity index (χ1) is 6.61. The quantitative estimate of drug-likeness (QED) is 0.588. The topological polar surface area (TPSA) is 87.6 Å². The second-order valence-electron chi connectivity index (χ2n) is 2.64. The predicted molar refractivity (Wildman–Crippen MR) is 60.4 cm³/mol. The van der Waals surface area contributed by atoms with Crippen LogP contribution in [0.1, 0.15) is 10.4 Å². The van der Waals surface area contributed by atoms with Crippen molar-refractivity contribution < 1.29 is 14.3 Å². The molecule has 0 amide bonds. The van der Waals surface area contributed by atoms with E-state index in [9.17, 15) is 4.79 Å². The number of nitrogen functional groups attached to an aromatic ring is 2. The number of benzene rings is 1. The summed E-state index contributed by atoms with van der Waals surface area (Å²) in [6.45, 7) is 0. The number of halogens is 1. The summed E-state index contributed by atoms with van der Waals surface area (Å²) in [7, 11) is 2.71. The standard InChI is InChI=1S/C9H12N2O3.ClH/c1-13-6-4-3-5(10)8(11)7(6)9(12)14-2;/h3-4H,10-11H2,1-2H3;1H. The van der Waals surface area contributed by atoms with Crippen LogP contribution in [0.15, 0.2) is 12.1 Å². The Morgan fingerprint density at radius 2 is 1.87 bits per heavy atom. The molecule has 0 aliphatic carbocycles. The van der Waals surface area contributed by atoms with Gasteiger partial charge in [-0.3, -0.25) is 0 Å². The molecule has 1 aromatic carbocycles. The molecule has 15 heavy (non-hydrogen) atoms. The molecule has 6 heteroatoms. The van der Waals surface area contributed by atoms with Crippen LogP contribution in [0.3, 0.4) is 0 Å². The molecule has 0 unspecified atom stereocenters. The molecule has 0 radical (unpaired) electrons. The van der Waals surface area contributed by atoms with E-state index in [0.29, 0.717) is 11.4 Å². The zero-order valence-electron chi connectivity index (χ0n) is 8.44. The van der Waals surface area contributed by atoms with Gasteiger partial charge in [0.1, 0.15) is 11.3 Å². The van der Waals surface area contributed by atoms with Crippen molar-refractivity contribution >= 4 is 29.8 Å². The third kappa shape index (κ3) is 2.44. The summed E-state index contributed by atoms with van der Waals surface area (Å²) >= 11 is 0. The van der Waals surface area contributed by atoms with Crippen molar-refractivity contribution in [2.45, 2.75) is 0 Å². The lowest BCUT2D eigenvalue weighted by Gasteiger charge is -2.10. The molecule has 0 atom stereocenters. The van der Waals surface area contributed by atoms with Gasteiger partial charge in [0.15, 0.2) is 0 Å². The number of hydrogen-bond donors (Lipinski definition) is 2. The number of rotatable bonds is 2. The molecule has 0 fully saturated rings. The summed E-state index contributed by atoms with van der Waals surface area (Å²) in [5.41, 5.74) is 11.8. The van der Waals surface area contributed by atoms with Gasteiger partial charge in [0, 0.05) is 0 Å². The summed E-state index contributed by atoms with van der Waals surface area (Å²) in [5, 5.41) is 0. The average Bonchev–Trinajstić information content (AvgIpc) is 2.20. The number of esters is 1. The van der Waals surface area contributed by atoms with E-state index in [1.807, 2.05) is 0 Å². The molecule has 0 aromatic heterocycles. The Bertz CT molecular complexity index is 369. The molecule has 0 bridgehead atoms. The SMILES string of the molecule is COC(=O)c1c(OC)ccc(N)c1N.Cl. The molecule has 0 heterocycles. The van der Waals surface area contributed by atoms with E-state index >= 15 is 0 Å². The zero-order chi connectivity index (χ0) is 10.7. The van der Waals surface area contributed by atoms with Gasteiger partial charge in [-0.05, 0) is 12.1 Å². The van der Waals surface area contributed by atoms with Crippen molar-refractivity contribution in [1.82, 2.24) is 0 Å². The fourth-order valence-electron chi connectivity index (χ4n) is 1.10. The highest BCUT2D eigenvalue weighted by Gasteiger charge is 2.18. The Morgan fingerprint density at radius 1 is 1.27 bits per heavy atom. The number of carbonyl (C=O) groups is 1.